The van der Waals surface area contributed by atoms with Gasteiger partial charge in [0.05, 0.1) is 23.8 Å². The summed E-state index contributed by atoms with van der Waals surface area (Å²) in [4.78, 5) is 28.3. The van der Waals surface area contributed by atoms with E-state index in [0.717, 1.165) is 35.1 Å². The number of aromatic nitrogens is 3. The van der Waals surface area contributed by atoms with Gasteiger partial charge in [0.2, 0.25) is 5.91 Å². The molecule has 0 aliphatic carbocycles. The topological polar surface area (TPSA) is 133 Å². The van der Waals surface area contributed by atoms with Gasteiger partial charge in [0.25, 0.3) is 5.91 Å². The molecule has 222 valence electrons. The first-order valence-corrected chi connectivity index (χ1v) is 15.2. The van der Waals surface area contributed by atoms with Gasteiger partial charge in [0.1, 0.15) is 0 Å². The highest BCUT2D eigenvalue weighted by Crippen LogP contribution is 2.46. The number of piperidine rings is 1. The van der Waals surface area contributed by atoms with Crippen molar-refractivity contribution >= 4 is 39.1 Å². The molecule has 3 heterocycles. The maximum atomic E-state index is 13.9. The minimum atomic E-state index is -1.74. The molecule has 11 heteroatoms. The lowest BCUT2D eigenvalue weighted by atomic mass is 9.83. The van der Waals surface area contributed by atoms with Gasteiger partial charge in [-0.2, -0.15) is 0 Å². The molecule has 2 aromatic carbocycles. The zero-order valence-corrected chi connectivity index (χ0v) is 25.3. The highest BCUT2D eigenvalue weighted by molar-refractivity contribution is 9.10. The summed E-state index contributed by atoms with van der Waals surface area (Å²) in [5.41, 5.74) is 1.74. The number of aliphatic hydroxyl groups is 2. The summed E-state index contributed by atoms with van der Waals surface area (Å²) in [5.74, 6) is -0.951. The van der Waals surface area contributed by atoms with Crippen molar-refractivity contribution in [2.75, 3.05) is 29.9 Å². The first-order chi connectivity index (χ1) is 20.3. The van der Waals surface area contributed by atoms with Crippen molar-refractivity contribution in [1.82, 2.24) is 20.3 Å². The molecule has 2 amide bonds. The first kappa shape index (κ1) is 30.1. The van der Waals surface area contributed by atoms with Crippen LogP contribution < -0.4 is 15.5 Å². The number of hydrogen-bond donors (Lipinski definition) is 4. The average molecular weight is 638 g/mol. The number of allylic oxidation sites excluding steroid dienone is 1. The normalized spacial score (nSPS) is 21.1. The highest BCUT2D eigenvalue weighted by atomic mass is 79.9. The fourth-order valence-electron chi connectivity index (χ4n) is 5.65. The van der Waals surface area contributed by atoms with Gasteiger partial charge in [-0.15, -0.1) is 5.10 Å². The van der Waals surface area contributed by atoms with Crippen molar-refractivity contribution in [3.8, 4) is 0 Å². The van der Waals surface area contributed by atoms with Crippen LogP contribution >= 0.6 is 15.9 Å². The number of carbonyl (C=O) groups is 2. The number of amides is 2. The van der Waals surface area contributed by atoms with Gasteiger partial charge in [-0.3, -0.25) is 14.3 Å². The molecular weight excluding hydrogens is 600 g/mol. The van der Waals surface area contributed by atoms with E-state index < -0.39 is 11.5 Å². The Morgan fingerprint density at radius 2 is 2.17 bits per heavy atom. The second-order valence-electron chi connectivity index (χ2n) is 11.0. The van der Waals surface area contributed by atoms with Crippen LogP contribution in [0.1, 0.15) is 43.0 Å². The maximum Gasteiger partial charge on any atom is 0.264 e. The zero-order chi connectivity index (χ0) is 29.7. The number of carbonyl (C=O) groups excluding carboxylic acids is 2. The summed E-state index contributed by atoms with van der Waals surface area (Å²) in [7, 11) is 0. The van der Waals surface area contributed by atoms with Crippen molar-refractivity contribution in [2.45, 2.75) is 51.3 Å². The van der Waals surface area contributed by atoms with Crippen molar-refractivity contribution in [2.24, 2.45) is 11.8 Å². The second kappa shape index (κ2) is 13.3. The van der Waals surface area contributed by atoms with Crippen molar-refractivity contribution in [3.05, 3.63) is 82.1 Å². The van der Waals surface area contributed by atoms with E-state index in [0.29, 0.717) is 42.9 Å². The van der Waals surface area contributed by atoms with Crippen LogP contribution in [0.2, 0.25) is 0 Å². The van der Waals surface area contributed by atoms with Crippen molar-refractivity contribution in [3.63, 3.8) is 0 Å². The van der Waals surface area contributed by atoms with Gasteiger partial charge < -0.3 is 25.7 Å². The van der Waals surface area contributed by atoms with E-state index in [2.05, 4.69) is 36.9 Å². The number of halogens is 1. The van der Waals surface area contributed by atoms with Crippen LogP contribution in [0.5, 0.6) is 0 Å². The smallest absolute Gasteiger partial charge is 0.264 e. The van der Waals surface area contributed by atoms with Crippen LogP contribution in [-0.4, -0.2) is 56.7 Å². The number of hydrogen-bond acceptors (Lipinski definition) is 7. The Kier molecular flexibility index (Phi) is 9.52. The van der Waals surface area contributed by atoms with E-state index in [1.165, 1.54) is 0 Å². The Hall–Kier alpha value is -3.38. The number of nitrogens with zero attached hydrogens (tertiary/aromatic N) is 4. The van der Waals surface area contributed by atoms with Crippen LogP contribution in [-0.2, 0) is 34.7 Å². The number of nitrogens with one attached hydrogen (secondary N) is 2. The lowest BCUT2D eigenvalue weighted by Gasteiger charge is -2.28. The molecule has 3 atom stereocenters. The van der Waals surface area contributed by atoms with Crippen LogP contribution in [0.25, 0.3) is 0 Å². The number of aliphatic hydroxyl groups excluding tert-OH is 1. The third-order valence-corrected chi connectivity index (χ3v) is 8.49. The van der Waals surface area contributed by atoms with Crippen LogP contribution in [0.15, 0.2) is 65.3 Å². The van der Waals surface area contributed by atoms with Crippen LogP contribution in [0.4, 0.5) is 11.4 Å². The van der Waals surface area contributed by atoms with E-state index in [1.54, 1.807) is 15.8 Å². The summed E-state index contributed by atoms with van der Waals surface area (Å²) in [6, 6.07) is 13.0. The molecule has 0 bridgehead atoms. The summed E-state index contributed by atoms with van der Waals surface area (Å²) in [5, 5.41) is 35.4. The molecular formula is C31H37BrN6O4. The molecule has 1 saturated heterocycles. The standard InChI is InChI=1S/C31H37BrN6O4/c1-21(6-2-3-14-37-20-26(12-15-39)35-36-37)31(42)27-17-24(32)10-11-28(27)38(30(31)41)19-22-7-4-9-25(16-22)34-29(40)23-8-5-13-33-18-23/h2,4,6-7,9-11,16-17,20-21,23,33,39,42H,3,5,8,12-15,18-19H2,1H3,(H,34,40)/b6-2+/t21-,23?,31+/m1/s1. The minimum Gasteiger partial charge on any atom is -0.396 e. The summed E-state index contributed by atoms with van der Waals surface area (Å²) in [6.45, 7) is 4.33. The molecule has 42 heavy (non-hydrogen) atoms. The Bertz CT molecular complexity index is 1450. The van der Waals surface area contributed by atoms with E-state index in [-0.39, 0.29) is 30.9 Å². The molecule has 2 aliphatic heterocycles. The fraction of sp³-hybridized carbons (Fsp3) is 0.419. The molecule has 0 saturated carbocycles. The Morgan fingerprint density at radius 1 is 1.31 bits per heavy atom. The SMILES string of the molecule is C[C@H](/C=C/CCn1cc(CCO)nn1)[C@@]1(O)C(=O)N(Cc2cccc(NC(=O)C3CCCNC3)c2)c2ccc(Br)cc21. The van der Waals surface area contributed by atoms with E-state index in [4.69, 9.17) is 5.11 Å². The number of fused-ring (bicyclic) bond motifs is 1. The van der Waals surface area contributed by atoms with Crippen molar-refractivity contribution in [1.29, 1.82) is 0 Å². The number of rotatable bonds is 11. The molecule has 3 aromatic rings. The molecule has 2 aliphatic rings. The molecule has 1 aromatic heterocycles. The molecule has 0 radical (unpaired) electrons. The van der Waals surface area contributed by atoms with E-state index in [9.17, 15) is 14.7 Å². The largest absolute Gasteiger partial charge is 0.396 e. The van der Waals surface area contributed by atoms with Gasteiger partial charge in [0.15, 0.2) is 5.60 Å². The first-order valence-electron chi connectivity index (χ1n) is 14.4. The van der Waals surface area contributed by atoms with Gasteiger partial charge in [-0.25, -0.2) is 0 Å². The van der Waals surface area contributed by atoms with Gasteiger partial charge in [0, 0.05) is 54.0 Å². The Balaban J connectivity index is 1.30. The Morgan fingerprint density at radius 3 is 2.95 bits per heavy atom. The van der Waals surface area contributed by atoms with Gasteiger partial charge in [-0.05, 0) is 61.7 Å². The van der Waals surface area contributed by atoms with E-state index in [1.807, 2.05) is 61.5 Å². The third kappa shape index (κ3) is 6.49. The lowest BCUT2D eigenvalue weighted by Crippen LogP contribution is -2.44. The van der Waals surface area contributed by atoms with Crippen molar-refractivity contribution < 1.29 is 19.8 Å². The number of benzene rings is 2. The lowest BCUT2D eigenvalue weighted by molar-refractivity contribution is -0.139. The quantitative estimate of drug-likeness (QED) is 0.237. The summed E-state index contributed by atoms with van der Waals surface area (Å²) >= 11 is 3.51. The number of aryl methyl sites for hydroxylation is 1. The average Bonchev–Trinajstić information content (AvgIpc) is 3.52. The molecule has 1 unspecified atom stereocenters. The van der Waals surface area contributed by atoms with Gasteiger partial charge >= 0.3 is 0 Å². The molecule has 4 N–H and O–H groups in total. The van der Waals surface area contributed by atoms with Crippen LogP contribution in [0.3, 0.4) is 0 Å². The molecule has 1 fully saturated rings. The maximum absolute atomic E-state index is 13.9. The second-order valence-corrected chi connectivity index (χ2v) is 11.9. The monoisotopic (exact) mass is 636 g/mol. The number of anilines is 2. The van der Waals surface area contributed by atoms with E-state index >= 15 is 0 Å². The summed E-state index contributed by atoms with van der Waals surface area (Å²) < 4.78 is 2.49. The third-order valence-electron chi connectivity index (χ3n) is 8.00. The van der Waals surface area contributed by atoms with Gasteiger partial charge in [-0.1, -0.05) is 52.4 Å². The Labute approximate surface area is 253 Å². The highest BCUT2D eigenvalue weighted by Gasteiger charge is 2.52. The van der Waals surface area contributed by atoms with Crippen LogP contribution in [0, 0.1) is 11.8 Å². The zero-order valence-electron chi connectivity index (χ0n) is 23.7. The predicted molar refractivity (Wildman–Crippen MR) is 164 cm³/mol. The fourth-order valence-corrected chi connectivity index (χ4v) is 6.01. The minimum absolute atomic E-state index is 0.00352. The molecule has 5 rings (SSSR count). The molecule has 10 nitrogen and oxygen atoms in total. The summed E-state index contributed by atoms with van der Waals surface area (Å²) in [6.07, 6.45) is 8.57. The predicted octanol–water partition coefficient (Wildman–Crippen LogP) is 3.53. The molecule has 0 spiro atoms.